The molecule has 0 radical (unpaired) electrons. The minimum Gasteiger partial charge on any atom is -0.343 e. The Morgan fingerprint density at radius 3 is 1.21 bits per heavy atom. The van der Waals surface area contributed by atoms with E-state index in [4.69, 9.17) is 24.9 Å². The second-order valence-electron chi connectivity index (χ2n) is 24.6. The summed E-state index contributed by atoms with van der Waals surface area (Å²) in [6.07, 6.45) is -3.55. The summed E-state index contributed by atoms with van der Waals surface area (Å²) in [6, 6.07) is 95.2. The van der Waals surface area contributed by atoms with Crippen molar-refractivity contribution in [3.63, 3.8) is 0 Å². The van der Waals surface area contributed by atoms with Crippen LogP contribution in [0.1, 0.15) is 70.3 Å². The number of hydrogen-bond acceptors (Lipinski definition) is 9. The first-order valence-corrected chi connectivity index (χ1v) is 32.9. The average Bonchev–Trinajstić information content (AvgIpc) is 0.814. The van der Waals surface area contributed by atoms with Crippen molar-refractivity contribution in [1.29, 1.82) is 0 Å². The van der Waals surface area contributed by atoms with Crippen LogP contribution in [0.25, 0.3) is 56.7 Å². The fourth-order valence-electron chi connectivity index (χ4n) is 11.8. The smallest absolute Gasteiger partial charge is 0.343 e. The van der Waals surface area contributed by atoms with Crippen molar-refractivity contribution in [2.24, 2.45) is 0 Å². The van der Waals surface area contributed by atoms with E-state index in [1.165, 1.54) is 30.3 Å². The third-order valence-corrected chi connectivity index (χ3v) is 17.0. The van der Waals surface area contributed by atoms with Gasteiger partial charge in [-0.2, -0.15) is 26.3 Å². The molecular weight excluding hydrogens is 1920 g/mol. The third kappa shape index (κ3) is 18.2. The number of para-hydroxylation sites is 1. The van der Waals surface area contributed by atoms with Crippen LogP contribution in [0.15, 0.2) is 285 Å². The van der Waals surface area contributed by atoms with Crippen LogP contribution < -0.4 is 4.90 Å². The molecule has 0 saturated heterocycles. The fourth-order valence-corrected chi connectivity index (χ4v) is 11.8. The van der Waals surface area contributed by atoms with Crippen molar-refractivity contribution in [3.05, 3.63) is 390 Å². The van der Waals surface area contributed by atoms with Gasteiger partial charge in [0.05, 0.1) is 28.7 Å². The molecule has 15 aromatic rings. The molecular formula is C86H59F8N11Pt3. The van der Waals surface area contributed by atoms with Crippen LogP contribution in [-0.4, -0.2) is 49.5 Å². The average molecular weight is 1980 g/mol. The van der Waals surface area contributed by atoms with Gasteiger partial charge >= 0.3 is 75.5 Å². The number of rotatable bonds is 15. The Hall–Kier alpha value is -10.8. The largest absolute Gasteiger partial charge is 2.00 e. The molecule has 0 aliphatic carbocycles. The number of benzene rings is 7. The van der Waals surface area contributed by atoms with Crippen LogP contribution >= 0.6 is 0 Å². The molecule has 108 heavy (non-hydrogen) atoms. The number of alkyl halides is 6. The summed E-state index contributed by atoms with van der Waals surface area (Å²) in [7, 11) is 0. The summed E-state index contributed by atoms with van der Waals surface area (Å²) < 4.78 is 109. The van der Waals surface area contributed by atoms with E-state index in [0.29, 0.717) is 28.8 Å². The van der Waals surface area contributed by atoms with Gasteiger partial charge in [0, 0.05) is 34.1 Å². The first-order chi connectivity index (χ1) is 50.7. The molecule has 0 saturated carbocycles. The van der Waals surface area contributed by atoms with E-state index in [9.17, 15) is 35.1 Å². The normalized spacial score (nSPS) is 11.3. The summed E-state index contributed by atoms with van der Waals surface area (Å²) in [5, 5.41) is 7.94. The molecule has 0 aliphatic rings. The van der Waals surface area contributed by atoms with Gasteiger partial charge in [0.2, 0.25) is 0 Å². The molecule has 15 rings (SSSR count). The molecule has 8 heterocycles. The van der Waals surface area contributed by atoms with Crippen molar-refractivity contribution in [3.8, 4) is 56.7 Å². The Morgan fingerprint density at radius 2 is 0.778 bits per heavy atom. The molecule has 544 valence electrons. The molecule has 0 fully saturated rings. The minimum atomic E-state index is -4.57. The predicted molar refractivity (Wildman–Crippen MR) is 386 cm³/mol. The second kappa shape index (κ2) is 34.8. The van der Waals surface area contributed by atoms with Gasteiger partial charge in [0.15, 0.2) is 0 Å². The molecule has 0 atom stereocenters. The molecule has 0 N–H and O–H groups in total. The van der Waals surface area contributed by atoms with Gasteiger partial charge in [-0.1, -0.05) is 178 Å². The van der Waals surface area contributed by atoms with Gasteiger partial charge in [-0.25, -0.2) is 0 Å². The Morgan fingerprint density at radius 1 is 0.352 bits per heavy atom. The Labute approximate surface area is 662 Å². The van der Waals surface area contributed by atoms with Crippen LogP contribution in [-0.2, 0) is 86.4 Å². The Balaban J connectivity index is 0.000000173. The summed E-state index contributed by atoms with van der Waals surface area (Å²) in [6.45, 7) is 7.99. The van der Waals surface area contributed by atoms with Crippen LogP contribution in [0.5, 0.6) is 0 Å². The van der Waals surface area contributed by atoms with E-state index < -0.39 is 34.4 Å². The first kappa shape index (κ1) is 79.7. The third-order valence-electron chi connectivity index (χ3n) is 17.0. The van der Waals surface area contributed by atoms with Gasteiger partial charge in [0.25, 0.3) is 0 Å². The number of pyridine rings is 6. The number of aryl methyl sites for hydroxylation is 2. The van der Waals surface area contributed by atoms with Gasteiger partial charge in [-0.15, -0.1) is 137 Å². The van der Waals surface area contributed by atoms with Crippen molar-refractivity contribution >= 4 is 17.3 Å². The molecule has 0 unspecified atom stereocenters. The molecule has 8 aromatic heterocycles. The fraction of sp³-hybridized carbons (Fsp3) is 0.0930. The topological polar surface area (TPSA) is 116 Å². The molecule has 0 aliphatic heterocycles. The first-order valence-electron chi connectivity index (χ1n) is 32.9. The summed E-state index contributed by atoms with van der Waals surface area (Å²) in [5.41, 5.74) is 9.45. The molecule has 0 bridgehead atoms. The Bertz CT molecular complexity index is 5340. The monoisotopic (exact) mass is 1980 g/mol. The van der Waals surface area contributed by atoms with Crippen molar-refractivity contribution < 1.29 is 98.3 Å². The van der Waals surface area contributed by atoms with E-state index in [2.05, 4.69) is 51.8 Å². The summed E-state index contributed by atoms with van der Waals surface area (Å²) in [4.78, 5) is 30.9. The van der Waals surface area contributed by atoms with Crippen LogP contribution in [0.3, 0.4) is 0 Å². The molecule has 22 heteroatoms. The maximum atomic E-state index is 13.6. The number of hydrogen-bond donors (Lipinski definition) is 0. The van der Waals surface area contributed by atoms with Crippen molar-refractivity contribution in [1.82, 2.24) is 49.5 Å². The van der Waals surface area contributed by atoms with Gasteiger partial charge < -0.3 is 19.3 Å². The predicted octanol–water partition coefficient (Wildman–Crippen LogP) is 20.4. The SMILES string of the molecule is CC(C)(c1cccc(-c2[c-]cc(F)cc2)n1)c1cccc(-c2[c-]cc(F)cc2)n1.Cc1c[c-]n(-c2cccc(N(c3ccccc3)c3cccc(-n4[c-]cc(C(F)(F)F)n4)n3)n2)n1.Cc1cc[c-]c(-c2cccc(C(c3ccccc3)(c3ccccc3)c3cccc(-c4[c-]ccc(C(F)(F)F)c4)n3)n2)c1.[Pt+2].[Pt+2].[Pt+2]. The zero-order valence-corrected chi connectivity index (χ0v) is 64.3. The molecule has 11 nitrogen and oxygen atoms in total. The molecule has 7 aromatic carbocycles. The Kier molecular flexibility index (Phi) is 25.7. The summed E-state index contributed by atoms with van der Waals surface area (Å²) in [5.74, 6) is 1.05. The van der Waals surface area contributed by atoms with E-state index in [1.54, 1.807) is 58.1 Å². The van der Waals surface area contributed by atoms with E-state index in [-0.39, 0.29) is 86.2 Å². The summed E-state index contributed by atoms with van der Waals surface area (Å²) >= 11 is 0. The van der Waals surface area contributed by atoms with Crippen LogP contribution in [0.4, 0.5) is 52.4 Å². The molecule has 0 amide bonds. The number of aromatic nitrogens is 10. The quantitative estimate of drug-likeness (QED) is 0.0731. The number of anilines is 3. The van der Waals surface area contributed by atoms with E-state index in [0.717, 1.165) is 102 Å². The zero-order chi connectivity index (χ0) is 73.3. The second-order valence-corrected chi connectivity index (χ2v) is 24.6. The van der Waals surface area contributed by atoms with Gasteiger partial charge in [0.1, 0.15) is 17.1 Å². The number of halogens is 8. The van der Waals surface area contributed by atoms with Crippen molar-refractivity contribution in [2.75, 3.05) is 4.90 Å². The molecule has 0 spiro atoms. The van der Waals surface area contributed by atoms with Gasteiger partial charge in [-0.05, 0) is 108 Å². The van der Waals surface area contributed by atoms with Gasteiger partial charge in [-0.3, -0.25) is 43.8 Å². The number of nitrogens with zero attached hydrogens (tertiary/aromatic N) is 11. The minimum absolute atomic E-state index is 0. The van der Waals surface area contributed by atoms with Crippen LogP contribution in [0.2, 0.25) is 0 Å². The standard InChI is InChI=1S/C37H25F3N2.C25H18F2N2.C24H16F3N7.3Pt/c1-26-12-8-13-27(24-26)32-20-10-22-34(41-32)36(29-15-4-2-5-16-29,30-17-6-3-7-18-30)35-23-11-21-33(42-35)28-14-9-19-31(25-28)37(38,39)40;1-25(2,23-7-3-5-21(28-23)17-9-13-19(26)14-10-17)24-8-4-6-22(29-24)18-11-15-20(27)16-12-18;1-17-13-15-32(30-17)20-9-5-11-22(28-20)34(18-7-3-2-4-8-18)23-12-6-10-21(29-23)33-16-14-19(31-33)24(25,26)27;;;/h2-12,15-25H,1H3;3-9,11,13-16H,1-2H3;2-14H,1H3;;;/q3*-2;3*+2. The maximum absolute atomic E-state index is 13.6. The van der Waals surface area contributed by atoms with Crippen molar-refractivity contribution in [2.45, 2.75) is 50.9 Å². The zero-order valence-electron chi connectivity index (χ0n) is 57.5. The van der Waals surface area contributed by atoms with E-state index in [1.807, 2.05) is 216 Å². The van der Waals surface area contributed by atoms with E-state index >= 15 is 0 Å². The van der Waals surface area contributed by atoms with Crippen LogP contribution in [0, 0.1) is 62.1 Å². The maximum Gasteiger partial charge on any atom is 2.00 e.